The minimum Gasteiger partial charge on any atom is -0.326 e. The lowest BCUT2D eigenvalue weighted by Crippen LogP contribution is -2.28. The maximum atomic E-state index is 12.1. The summed E-state index contributed by atoms with van der Waals surface area (Å²) in [5, 5.41) is 6.13. The Labute approximate surface area is 154 Å². The van der Waals surface area contributed by atoms with Gasteiger partial charge in [-0.15, -0.1) is 0 Å². The molecule has 128 valence electrons. The van der Waals surface area contributed by atoms with Crippen molar-refractivity contribution in [3.63, 3.8) is 0 Å². The molecule has 5 nitrogen and oxygen atoms in total. The van der Waals surface area contributed by atoms with Crippen LogP contribution < -0.4 is 10.6 Å². The zero-order chi connectivity index (χ0) is 17.8. The summed E-state index contributed by atoms with van der Waals surface area (Å²) in [6, 6.07) is 14.5. The molecule has 0 radical (unpaired) electrons. The second-order valence-corrected chi connectivity index (χ2v) is 7.24. The van der Waals surface area contributed by atoms with Gasteiger partial charge in [-0.05, 0) is 43.3 Å². The standard InChI is InChI=1S/C18H16ClN3O2S/c1-11-2-6-13(7-3-11)20-16(23)10-15-17(24)22-18(25-15)21-14-8-4-12(19)5-9-14/h2-9,15H,10H2,1H3,(H,20,23)(H,21,22,24)/t15-/m1/s1. The van der Waals surface area contributed by atoms with Crippen molar-refractivity contribution in [1.82, 2.24) is 5.32 Å². The van der Waals surface area contributed by atoms with Crippen molar-refractivity contribution in [2.45, 2.75) is 18.6 Å². The molecule has 2 aromatic rings. The predicted molar refractivity (Wildman–Crippen MR) is 102 cm³/mol. The van der Waals surface area contributed by atoms with Crippen LogP contribution in [0.2, 0.25) is 5.02 Å². The number of carbonyl (C=O) groups excluding carboxylic acids is 2. The number of hydrogen-bond donors (Lipinski definition) is 2. The Balaban J connectivity index is 1.59. The molecule has 1 aliphatic heterocycles. The molecule has 1 heterocycles. The zero-order valence-corrected chi connectivity index (χ0v) is 15.0. The highest BCUT2D eigenvalue weighted by Gasteiger charge is 2.32. The fourth-order valence-corrected chi connectivity index (χ4v) is 3.36. The fourth-order valence-electron chi connectivity index (χ4n) is 2.24. The van der Waals surface area contributed by atoms with Crippen molar-refractivity contribution in [2.24, 2.45) is 4.99 Å². The summed E-state index contributed by atoms with van der Waals surface area (Å²) in [6.07, 6.45) is 0.0873. The molecule has 1 atom stereocenters. The number of aliphatic imine (C=N–C) groups is 1. The maximum Gasteiger partial charge on any atom is 0.240 e. The molecule has 0 spiro atoms. The molecule has 0 aliphatic carbocycles. The van der Waals surface area contributed by atoms with Gasteiger partial charge >= 0.3 is 0 Å². The molecule has 0 saturated carbocycles. The van der Waals surface area contributed by atoms with Crippen LogP contribution in [-0.4, -0.2) is 22.2 Å². The second-order valence-electron chi connectivity index (χ2n) is 5.61. The molecule has 0 unspecified atom stereocenters. The smallest absolute Gasteiger partial charge is 0.240 e. The fraction of sp³-hybridized carbons (Fsp3) is 0.167. The maximum absolute atomic E-state index is 12.1. The van der Waals surface area contributed by atoms with Crippen LogP contribution in [-0.2, 0) is 9.59 Å². The quantitative estimate of drug-likeness (QED) is 0.853. The monoisotopic (exact) mass is 373 g/mol. The number of thioether (sulfide) groups is 1. The largest absolute Gasteiger partial charge is 0.326 e. The molecular formula is C18H16ClN3O2S. The summed E-state index contributed by atoms with van der Waals surface area (Å²) in [4.78, 5) is 28.5. The van der Waals surface area contributed by atoms with Gasteiger partial charge in [0.15, 0.2) is 5.17 Å². The third-order valence-electron chi connectivity index (χ3n) is 3.54. The number of hydrogen-bond acceptors (Lipinski definition) is 4. The van der Waals surface area contributed by atoms with E-state index in [0.717, 1.165) is 5.56 Å². The summed E-state index contributed by atoms with van der Waals surface area (Å²) in [5.41, 5.74) is 2.53. The minimum absolute atomic E-state index is 0.0873. The van der Waals surface area contributed by atoms with Crippen molar-refractivity contribution >= 4 is 51.7 Å². The number of rotatable bonds is 4. The Morgan fingerprint density at radius 1 is 1.20 bits per heavy atom. The van der Waals surface area contributed by atoms with Crippen LogP contribution in [0.3, 0.4) is 0 Å². The van der Waals surface area contributed by atoms with Crippen LogP contribution >= 0.6 is 23.4 Å². The van der Waals surface area contributed by atoms with Gasteiger partial charge in [-0.2, -0.15) is 0 Å². The minimum atomic E-state index is -0.489. The van der Waals surface area contributed by atoms with E-state index in [-0.39, 0.29) is 18.2 Å². The highest BCUT2D eigenvalue weighted by Crippen LogP contribution is 2.26. The van der Waals surface area contributed by atoms with E-state index in [1.54, 1.807) is 24.3 Å². The SMILES string of the molecule is Cc1ccc(NC(=O)C[C@H]2SC(=Nc3ccc(Cl)cc3)NC2=O)cc1. The topological polar surface area (TPSA) is 70.6 Å². The molecule has 2 aromatic carbocycles. The number of benzene rings is 2. The number of nitrogens with one attached hydrogen (secondary N) is 2. The molecule has 2 amide bonds. The van der Waals surface area contributed by atoms with Gasteiger partial charge in [-0.3, -0.25) is 9.59 Å². The van der Waals surface area contributed by atoms with Gasteiger partial charge in [0.1, 0.15) is 5.25 Å². The highest BCUT2D eigenvalue weighted by molar-refractivity contribution is 8.15. The molecule has 25 heavy (non-hydrogen) atoms. The summed E-state index contributed by atoms with van der Waals surface area (Å²) in [6.45, 7) is 1.98. The Morgan fingerprint density at radius 2 is 1.88 bits per heavy atom. The van der Waals surface area contributed by atoms with E-state index < -0.39 is 5.25 Å². The highest BCUT2D eigenvalue weighted by atomic mass is 35.5. The van der Waals surface area contributed by atoms with E-state index in [1.165, 1.54) is 11.8 Å². The summed E-state index contributed by atoms with van der Waals surface area (Å²) < 4.78 is 0. The van der Waals surface area contributed by atoms with Gasteiger partial charge in [-0.1, -0.05) is 41.1 Å². The number of amidine groups is 1. The van der Waals surface area contributed by atoms with E-state index in [9.17, 15) is 9.59 Å². The first-order valence-electron chi connectivity index (χ1n) is 7.68. The van der Waals surface area contributed by atoms with Gasteiger partial charge in [0.2, 0.25) is 11.8 Å². The number of amides is 2. The van der Waals surface area contributed by atoms with Crippen LogP contribution in [0, 0.1) is 6.92 Å². The lowest BCUT2D eigenvalue weighted by molar-refractivity contribution is -0.122. The number of aryl methyl sites for hydroxylation is 1. The molecule has 1 aliphatic rings. The van der Waals surface area contributed by atoms with Crippen molar-refractivity contribution in [3.05, 3.63) is 59.1 Å². The van der Waals surface area contributed by atoms with E-state index in [2.05, 4.69) is 15.6 Å². The first-order chi connectivity index (χ1) is 12.0. The van der Waals surface area contributed by atoms with Crippen molar-refractivity contribution < 1.29 is 9.59 Å². The normalized spacial score (nSPS) is 18.2. The summed E-state index contributed by atoms with van der Waals surface area (Å²) >= 11 is 7.09. The Morgan fingerprint density at radius 3 is 2.56 bits per heavy atom. The van der Waals surface area contributed by atoms with Gasteiger partial charge in [0.05, 0.1) is 5.69 Å². The number of anilines is 1. The Hall–Kier alpha value is -2.31. The van der Waals surface area contributed by atoms with E-state index >= 15 is 0 Å². The third kappa shape index (κ3) is 4.84. The predicted octanol–water partition coefficient (Wildman–Crippen LogP) is 3.90. The van der Waals surface area contributed by atoms with E-state index in [0.29, 0.717) is 21.6 Å². The first-order valence-corrected chi connectivity index (χ1v) is 8.94. The van der Waals surface area contributed by atoms with E-state index in [1.807, 2.05) is 31.2 Å². The van der Waals surface area contributed by atoms with Gasteiger partial charge in [0.25, 0.3) is 0 Å². The van der Waals surface area contributed by atoms with Crippen molar-refractivity contribution in [3.8, 4) is 0 Å². The molecule has 1 saturated heterocycles. The first kappa shape index (κ1) is 17.5. The van der Waals surface area contributed by atoms with Crippen molar-refractivity contribution in [2.75, 3.05) is 5.32 Å². The molecule has 3 rings (SSSR count). The average Bonchev–Trinajstić information content (AvgIpc) is 2.91. The Bertz CT molecular complexity index is 819. The zero-order valence-electron chi connectivity index (χ0n) is 13.5. The number of halogens is 1. The summed E-state index contributed by atoms with van der Waals surface area (Å²) in [5.74, 6) is -0.416. The Kier molecular flexibility index (Phi) is 5.40. The molecule has 2 N–H and O–H groups in total. The lowest BCUT2D eigenvalue weighted by Gasteiger charge is -2.07. The van der Waals surface area contributed by atoms with Crippen molar-refractivity contribution in [1.29, 1.82) is 0 Å². The molecule has 0 aromatic heterocycles. The van der Waals surface area contributed by atoms with Gasteiger partial charge < -0.3 is 10.6 Å². The number of carbonyl (C=O) groups is 2. The van der Waals surface area contributed by atoms with Crippen LogP contribution in [0.4, 0.5) is 11.4 Å². The van der Waals surface area contributed by atoms with Crippen LogP contribution in [0.25, 0.3) is 0 Å². The summed E-state index contributed by atoms with van der Waals surface area (Å²) in [7, 11) is 0. The van der Waals surface area contributed by atoms with Gasteiger partial charge in [-0.25, -0.2) is 4.99 Å². The van der Waals surface area contributed by atoms with Crippen LogP contribution in [0.15, 0.2) is 53.5 Å². The van der Waals surface area contributed by atoms with Crippen LogP contribution in [0.5, 0.6) is 0 Å². The molecule has 1 fully saturated rings. The molecule has 7 heteroatoms. The third-order valence-corrected chi connectivity index (χ3v) is 4.87. The number of nitrogens with zero attached hydrogens (tertiary/aromatic N) is 1. The van der Waals surface area contributed by atoms with E-state index in [4.69, 9.17) is 11.6 Å². The average molecular weight is 374 g/mol. The second kappa shape index (κ2) is 7.72. The van der Waals surface area contributed by atoms with Crippen LogP contribution in [0.1, 0.15) is 12.0 Å². The van der Waals surface area contributed by atoms with Gasteiger partial charge in [0, 0.05) is 17.1 Å². The lowest BCUT2D eigenvalue weighted by atomic mass is 10.2. The molecular weight excluding hydrogens is 358 g/mol. The molecule has 0 bridgehead atoms.